The molecular formula is C3H6ClFO. The fraction of sp³-hybridized carbons (Fsp3) is 1.00. The molecule has 0 aromatic rings. The first-order valence-electron chi connectivity index (χ1n) is 1.49. The number of alkyl halides is 2. The van der Waals surface area contributed by atoms with Gasteiger partial charge in [0.1, 0.15) is 0 Å². The predicted octanol–water partition coefficient (Wildman–Crippen LogP) is 1.51. The predicted molar refractivity (Wildman–Crippen MR) is 22.4 cm³/mol. The summed E-state index contributed by atoms with van der Waals surface area (Å²) in [4.78, 5) is 0. The monoisotopic (exact) mass is 112 g/mol. The smallest absolute Gasteiger partial charge is 0.283 e. The molecule has 3 heteroatoms. The van der Waals surface area contributed by atoms with Gasteiger partial charge < -0.3 is 4.74 Å². The molecule has 0 saturated carbocycles. The summed E-state index contributed by atoms with van der Waals surface area (Å²) in [5, 5.41) is -1.99. The summed E-state index contributed by atoms with van der Waals surface area (Å²) in [5.41, 5.74) is 0. The second kappa shape index (κ2) is 1.76. The fourth-order valence-corrected chi connectivity index (χ4v) is 0. The zero-order valence-corrected chi connectivity index (χ0v) is 4.42. The van der Waals surface area contributed by atoms with E-state index >= 15 is 0 Å². The Hall–Kier alpha value is 0.180. The molecule has 0 rings (SSSR count). The molecule has 0 amide bonds. The van der Waals surface area contributed by atoms with Gasteiger partial charge in [0.2, 0.25) is 0 Å². The van der Waals surface area contributed by atoms with Crippen LogP contribution in [0.4, 0.5) is 4.39 Å². The molecule has 0 bridgehead atoms. The van der Waals surface area contributed by atoms with Gasteiger partial charge in [0.25, 0.3) is 5.31 Å². The summed E-state index contributed by atoms with van der Waals surface area (Å²) < 4.78 is 15.7. The molecule has 0 N–H and O–H groups in total. The highest BCUT2D eigenvalue weighted by molar-refractivity contribution is 6.21. The summed E-state index contributed by atoms with van der Waals surface area (Å²) in [6, 6.07) is 0. The van der Waals surface area contributed by atoms with Gasteiger partial charge in [-0.25, -0.2) is 0 Å². The number of halogens is 2. The van der Waals surface area contributed by atoms with Crippen LogP contribution in [0.25, 0.3) is 0 Å². The normalized spacial score (nSPS) is 20.0. The van der Waals surface area contributed by atoms with Crippen molar-refractivity contribution in [1.29, 1.82) is 0 Å². The standard InChI is InChI=1S/C3H6ClFO/c1-3(4,5)6-2/h1-2H3. The summed E-state index contributed by atoms with van der Waals surface area (Å²) in [6.07, 6.45) is 0. The number of ether oxygens (including phenoxy) is 1. The summed E-state index contributed by atoms with van der Waals surface area (Å²) >= 11 is 4.83. The molecular weight excluding hydrogens is 106 g/mol. The summed E-state index contributed by atoms with van der Waals surface area (Å²) in [6.45, 7) is 1.12. The van der Waals surface area contributed by atoms with Crippen LogP contribution in [0.2, 0.25) is 0 Å². The van der Waals surface area contributed by atoms with E-state index in [1.165, 1.54) is 7.11 Å². The van der Waals surface area contributed by atoms with Gasteiger partial charge in [-0.05, 0) is 0 Å². The van der Waals surface area contributed by atoms with E-state index in [4.69, 9.17) is 11.6 Å². The van der Waals surface area contributed by atoms with Gasteiger partial charge in [-0.3, -0.25) is 0 Å². The molecule has 0 radical (unpaired) electrons. The van der Waals surface area contributed by atoms with E-state index in [1.54, 1.807) is 0 Å². The maximum atomic E-state index is 11.7. The Morgan fingerprint density at radius 2 is 2.00 bits per heavy atom. The van der Waals surface area contributed by atoms with E-state index in [0.717, 1.165) is 6.92 Å². The largest absolute Gasteiger partial charge is 0.337 e. The Kier molecular flexibility index (Phi) is 1.81. The second-order valence-corrected chi connectivity index (χ2v) is 1.69. The first-order chi connectivity index (χ1) is 2.56. The SMILES string of the molecule is COC(C)(F)Cl. The lowest BCUT2D eigenvalue weighted by Gasteiger charge is -2.05. The molecule has 0 aromatic heterocycles. The van der Waals surface area contributed by atoms with Gasteiger partial charge in [-0.1, -0.05) is 11.6 Å². The van der Waals surface area contributed by atoms with Gasteiger partial charge in [-0.15, -0.1) is 0 Å². The molecule has 38 valence electrons. The number of methoxy groups -OCH3 is 1. The Bertz CT molecular complexity index is 40.5. The molecule has 0 saturated heterocycles. The van der Waals surface area contributed by atoms with Crippen molar-refractivity contribution >= 4 is 11.6 Å². The lowest BCUT2D eigenvalue weighted by Crippen LogP contribution is -2.08. The van der Waals surface area contributed by atoms with E-state index in [1.807, 2.05) is 0 Å². The highest BCUT2D eigenvalue weighted by Gasteiger charge is 2.14. The number of hydrogen-bond acceptors (Lipinski definition) is 1. The lowest BCUT2D eigenvalue weighted by atomic mass is 10.8. The third-order valence-corrected chi connectivity index (χ3v) is 0.513. The topological polar surface area (TPSA) is 9.23 Å². The van der Waals surface area contributed by atoms with Crippen LogP contribution in [0, 0.1) is 0 Å². The minimum absolute atomic E-state index is 1.12. The summed E-state index contributed by atoms with van der Waals surface area (Å²) in [7, 11) is 1.20. The van der Waals surface area contributed by atoms with Crippen molar-refractivity contribution in [2.24, 2.45) is 0 Å². The zero-order chi connectivity index (χ0) is 5.21. The first-order valence-corrected chi connectivity index (χ1v) is 1.87. The molecule has 0 aliphatic carbocycles. The zero-order valence-electron chi connectivity index (χ0n) is 3.66. The van der Waals surface area contributed by atoms with Crippen molar-refractivity contribution in [3.63, 3.8) is 0 Å². The van der Waals surface area contributed by atoms with E-state index in [0.29, 0.717) is 0 Å². The molecule has 1 unspecified atom stereocenters. The fourth-order valence-electron chi connectivity index (χ4n) is 0. The van der Waals surface area contributed by atoms with Gasteiger partial charge >= 0.3 is 0 Å². The highest BCUT2D eigenvalue weighted by Crippen LogP contribution is 2.14. The van der Waals surface area contributed by atoms with Crippen LogP contribution in [0.5, 0.6) is 0 Å². The van der Waals surface area contributed by atoms with Crippen LogP contribution >= 0.6 is 11.6 Å². The Balaban J connectivity index is 3.17. The van der Waals surface area contributed by atoms with Crippen molar-refractivity contribution in [2.45, 2.75) is 12.2 Å². The van der Waals surface area contributed by atoms with Gasteiger partial charge in [0.05, 0.1) is 0 Å². The van der Waals surface area contributed by atoms with Crippen molar-refractivity contribution in [2.75, 3.05) is 7.11 Å². The van der Waals surface area contributed by atoms with Crippen molar-refractivity contribution < 1.29 is 9.13 Å². The molecule has 0 fully saturated rings. The quantitative estimate of drug-likeness (QED) is 0.468. The van der Waals surface area contributed by atoms with Crippen molar-refractivity contribution in [1.82, 2.24) is 0 Å². The lowest BCUT2D eigenvalue weighted by molar-refractivity contribution is -0.0303. The molecule has 1 nitrogen and oxygen atoms in total. The van der Waals surface area contributed by atoms with Crippen LogP contribution in [0.1, 0.15) is 6.92 Å². The van der Waals surface area contributed by atoms with Gasteiger partial charge in [0, 0.05) is 14.0 Å². The Morgan fingerprint density at radius 3 is 2.00 bits per heavy atom. The minimum atomic E-state index is -1.99. The van der Waals surface area contributed by atoms with E-state index in [2.05, 4.69) is 4.74 Å². The van der Waals surface area contributed by atoms with Gasteiger partial charge in [0.15, 0.2) is 0 Å². The highest BCUT2D eigenvalue weighted by atomic mass is 35.5. The Morgan fingerprint density at radius 1 is 1.83 bits per heavy atom. The second-order valence-electron chi connectivity index (χ2n) is 1.01. The third kappa shape index (κ3) is 4.18. The molecule has 0 spiro atoms. The average Bonchev–Trinajstić information content (AvgIpc) is 1.35. The first kappa shape index (κ1) is 6.18. The van der Waals surface area contributed by atoms with Crippen molar-refractivity contribution in [3.8, 4) is 0 Å². The molecule has 1 atom stereocenters. The molecule has 0 aromatic carbocycles. The molecule has 0 aliphatic rings. The van der Waals surface area contributed by atoms with E-state index in [9.17, 15) is 4.39 Å². The number of rotatable bonds is 1. The maximum Gasteiger partial charge on any atom is 0.283 e. The van der Waals surface area contributed by atoms with Gasteiger partial charge in [-0.2, -0.15) is 4.39 Å². The van der Waals surface area contributed by atoms with Crippen LogP contribution in [0.3, 0.4) is 0 Å². The van der Waals surface area contributed by atoms with E-state index < -0.39 is 5.31 Å². The average molecular weight is 113 g/mol. The van der Waals surface area contributed by atoms with E-state index in [-0.39, 0.29) is 0 Å². The maximum absolute atomic E-state index is 11.7. The van der Waals surface area contributed by atoms with Crippen LogP contribution in [0.15, 0.2) is 0 Å². The minimum Gasteiger partial charge on any atom is -0.337 e. The van der Waals surface area contributed by atoms with Crippen molar-refractivity contribution in [3.05, 3.63) is 0 Å². The number of hydrogen-bond donors (Lipinski definition) is 0. The third-order valence-electron chi connectivity index (χ3n) is 0.358. The van der Waals surface area contributed by atoms with Crippen LogP contribution in [-0.2, 0) is 4.74 Å². The van der Waals surface area contributed by atoms with Crippen LogP contribution < -0.4 is 0 Å². The molecule has 6 heavy (non-hydrogen) atoms. The van der Waals surface area contributed by atoms with Crippen LogP contribution in [-0.4, -0.2) is 12.4 Å². The molecule has 0 heterocycles. The summed E-state index contributed by atoms with van der Waals surface area (Å²) in [5.74, 6) is 0. The molecule has 0 aliphatic heterocycles. The Labute approximate surface area is 41.1 Å².